The fraction of sp³-hybridized carbons (Fsp3) is 0.316. The average molecular weight is 350 g/mol. The Kier molecular flexibility index (Phi) is 4.30. The van der Waals surface area contributed by atoms with Gasteiger partial charge in [-0.3, -0.25) is 14.4 Å². The van der Waals surface area contributed by atoms with Gasteiger partial charge in [0.15, 0.2) is 5.69 Å². The summed E-state index contributed by atoms with van der Waals surface area (Å²) in [5.74, 6) is -0.460. The van der Waals surface area contributed by atoms with E-state index in [1.54, 1.807) is 4.68 Å². The number of nitrogens with two attached hydrogens (primary N) is 1. The second-order valence-electron chi connectivity index (χ2n) is 6.72. The molecule has 2 N–H and O–H groups in total. The number of hydrogen-bond donors (Lipinski definition) is 1. The van der Waals surface area contributed by atoms with E-state index in [1.165, 1.54) is 5.56 Å². The number of amides is 1. The maximum absolute atomic E-state index is 11.7. The molecule has 4 rings (SSSR count). The molecule has 0 fully saturated rings. The minimum Gasteiger partial charge on any atom is -0.364 e. The quantitative estimate of drug-likeness (QED) is 0.752. The van der Waals surface area contributed by atoms with Gasteiger partial charge in [-0.15, -0.1) is 0 Å². The summed E-state index contributed by atoms with van der Waals surface area (Å²) in [4.78, 5) is 18.3. The van der Waals surface area contributed by atoms with Gasteiger partial charge in [0.05, 0.1) is 12.0 Å². The topological polar surface area (TPSA) is 82.0 Å². The van der Waals surface area contributed by atoms with E-state index in [0.717, 1.165) is 43.0 Å². The molecule has 1 aliphatic heterocycles. The zero-order valence-corrected chi connectivity index (χ0v) is 14.8. The van der Waals surface area contributed by atoms with Crippen molar-refractivity contribution in [3.05, 3.63) is 71.1 Å². The zero-order valence-electron chi connectivity index (χ0n) is 14.8. The largest absolute Gasteiger partial charge is 0.364 e. The summed E-state index contributed by atoms with van der Waals surface area (Å²) in [5.41, 5.74) is 10.4. The van der Waals surface area contributed by atoms with E-state index in [9.17, 15) is 4.79 Å². The summed E-state index contributed by atoms with van der Waals surface area (Å²) >= 11 is 0. The van der Waals surface area contributed by atoms with Crippen LogP contribution in [-0.2, 0) is 33.1 Å². The predicted octanol–water partition coefficient (Wildman–Crippen LogP) is 1.32. The summed E-state index contributed by atoms with van der Waals surface area (Å²) in [7, 11) is 1.87. The number of aryl methyl sites for hydroxylation is 1. The van der Waals surface area contributed by atoms with Gasteiger partial charge in [0.2, 0.25) is 0 Å². The standard InChI is InChI=1S/C19H22N6O/c1-23-17-7-8-24(12-16(17)18(22-23)19(20)26)11-15-9-21-13-25(15)10-14-5-3-2-4-6-14/h2-6,9,13H,7-8,10-12H2,1H3,(H2,20,26). The summed E-state index contributed by atoms with van der Waals surface area (Å²) in [5, 5.41) is 4.29. The molecule has 3 heterocycles. The van der Waals surface area contributed by atoms with Crippen molar-refractivity contribution in [1.29, 1.82) is 0 Å². The molecule has 0 aliphatic carbocycles. The highest BCUT2D eigenvalue weighted by Crippen LogP contribution is 2.23. The molecular formula is C19H22N6O. The number of hydrogen-bond acceptors (Lipinski definition) is 4. The van der Waals surface area contributed by atoms with E-state index in [1.807, 2.05) is 37.8 Å². The number of carbonyl (C=O) groups excluding carboxylic acids is 1. The Morgan fingerprint density at radius 3 is 2.81 bits per heavy atom. The molecule has 1 amide bonds. The zero-order chi connectivity index (χ0) is 18.1. The van der Waals surface area contributed by atoms with Crippen LogP contribution in [0.4, 0.5) is 0 Å². The lowest BCUT2D eigenvalue weighted by Gasteiger charge is -2.27. The van der Waals surface area contributed by atoms with Crippen molar-refractivity contribution in [3.63, 3.8) is 0 Å². The van der Waals surface area contributed by atoms with E-state index in [2.05, 4.69) is 31.7 Å². The number of imidazole rings is 1. The number of nitrogens with zero attached hydrogens (tertiary/aromatic N) is 5. The first kappa shape index (κ1) is 16.5. The summed E-state index contributed by atoms with van der Waals surface area (Å²) in [6.45, 7) is 3.17. The first-order valence-corrected chi connectivity index (χ1v) is 8.71. The summed E-state index contributed by atoms with van der Waals surface area (Å²) in [6.07, 6.45) is 4.65. The first-order valence-electron chi connectivity index (χ1n) is 8.71. The molecule has 26 heavy (non-hydrogen) atoms. The van der Waals surface area contributed by atoms with Crippen molar-refractivity contribution < 1.29 is 4.79 Å². The Hall–Kier alpha value is -2.93. The molecule has 0 saturated heterocycles. The second-order valence-corrected chi connectivity index (χ2v) is 6.72. The molecule has 2 aromatic heterocycles. The normalized spacial score (nSPS) is 14.3. The lowest BCUT2D eigenvalue weighted by atomic mass is 10.0. The number of carbonyl (C=O) groups is 1. The third kappa shape index (κ3) is 3.13. The van der Waals surface area contributed by atoms with E-state index >= 15 is 0 Å². The van der Waals surface area contributed by atoms with Crippen LogP contribution in [0.3, 0.4) is 0 Å². The highest BCUT2D eigenvalue weighted by Gasteiger charge is 2.26. The van der Waals surface area contributed by atoms with Crippen molar-refractivity contribution >= 4 is 5.91 Å². The Morgan fingerprint density at radius 2 is 2.04 bits per heavy atom. The van der Waals surface area contributed by atoms with Crippen LogP contribution in [0.5, 0.6) is 0 Å². The summed E-state index contributed by atoms with van der Waals surface area (Å²) in [6, 6.07) is 10.4. The van der Waals surface area contributed by atoms with E-state index < -0.39 is 5.91 Å². The highest BCUT2D eigenvalue weighted by molar-refractivity contribution is 5.92. The number of fused-ring (bicyclic) bond motifs is 1. The molecule has 0 spiro atoms. The van der Waals surface area contributed by atoms with Gasteiger partial charge in [-0.1, -0.05) is 30.3 Å². The predicted molar refractivity (Wildman–Crippen MR) is 97.3 cm³/mol. The third-order valence-electron chi connectivity index (χ3n) is 4.93. The van der Waals surface area contributed by atoms with Crippen molar-refractivity contribution in [2.45, 2.75) is 26.1 Å². The van der Waals surface area contributed by atoms with Gasteiger partial charge in [0.25, 0.3) is 5.91 Å². The first-order chi connectivity index (χ1) is 12.6. The molecule has 7 nitrogen and oxygen atoms in total. The van der Waals surface area contributed by atoms with E-state index in [4.69, 9.17) is 5.73 Å². The fourth-order valence-electron chi connectivity index (χ4n) is 3.61. The SMILES string of the molecule is Cn1nc(C(N)=O)c2c1CCN(Cc1cncn1Cc1ccccc1)C2. The maximum Gasteiger partial charge on any atom is 0.269 e. The molecule has 0 unspecified atom stereocenters. The molecule has 0 saturated carbocycles. The molecule has 134 valence electrons. The van der Waals surface area contributed by atoms with Crippen LogP contribution in [0, 0.1) is 0 Å². The smallest absolute Gasteiger partial charge is 0.269 e. The van der Waals surface area contributed by atoms with Crippen LogP contribution in [-0.4, -0.2) is 36.7 Å². The second kappa shape index (κ2) is 6.76. The Balaban J connectivity index is 1.51. The monoisotopic (exact) mass is 350 g/mol. The van der Waals surface area contributed by atoms with Crippen molar-refractivity contribution in [1.82, 2.24) is 24.2 Å². The van der Waals surface area contributed by atoms with Crippen LogP contribution >= 0.6 is 0 Å². The Bertz CT molecular complexity index is 927. The molecule has 7 heteroatoms. The van der Waals surface area contributed by atoms with Gasteiger partial charge in [-0.25, -0.2) is 4.98 Å². The van der Waals surface area contributed by atoms with Gasteiger partial charge >= 0.3 is 0 Å². The summed E-state index contributed by atoms with van der Waals surface area (Å²) < 4.78 is 3.95. The number of aromatic nitrogens is 4. The van der Waals surface area contributed by atoms with Gasteiger partial charge in [-0.2, -0.15) is 5.10 Å². The minimum absolute atomic E-state index is 0.394. The fourth-order valence-corrected chi connectivity index (χ4v) is 3.61. The lowest BCUT2D eigenvalue weighted by molar-refractivity contribution is 0.0992. The van der Waals surface area contributed by atoms with E-state index in [-0.39, 0.29) is 0 Å². The van der Waals surface area contributed by atoms with Gasteiger partial charge in [0.1, 0.15) is 0 Å². The van der Waals surface area contributed by atoms with Gasteiger partial charge in [-0.05, 0) is 5.56 Å². The molecule has 0 atom stereocenters. The van der Waals surface area contributed by atoms with Crippen molar-refractivity contribution in [3.8, 4) is 0 Å². The molecule has 0 bridgehead atoms. The van der Waals surface area contributed by atoms with Crippen molar-refractivity contribution in [2.75, 3.05) is 6.54 Å². The van der Waals surface area contributed by atoms with Crippen LogP contribution in [0.1, 0.15) is 33.0 Å². The minimum atomic E-state index is -0.460. The molecule has 1 aromatic carbocycles. The molecular weight excluding hydrogens is 328 g/mol. The number of rotatable bonds is 5. The third-order valence-corrected chi connectivity index (χ3v) is 4.93. The van der Waals surface area contributed by atoms with Gasteiger partial charge in [0, 0.05) is 57.1 Å². The average Bonchev–Trinajstić information content (AvgIpc) is 3.20. The molecule has 3 aromatic rings. The highest BCUT2D eigenvalue weighted by atomic mass is 16.1. The number of benzene rings is 1. The van der Waals surface area contributed by atoms with E-state index in [0.29, 0.717) is 12.2 Å². The lowest BCUT2D eigenvalue weighted by Crippen LogP contribution is -2.32. The number of primary amides is 1. The van der Waals surface area contributed by atoms with Gasteiger partial charge < -0.3 is 10.3 Å². The van der Waals surface area contributed by atoms with Crippen LogP contribution in [0.2, 0.25) is 0 Å². The van der Waals surface area contributed by atoms with Crippen LogP contribution < -0.4 is 5.73 Å². The maximum atomic E-state index is 11.7. The van der Waals surface area contributed by atoms with Crippen LogP contribution in [0.15, 0.2) is 42.9 Å². The van der Waals surface area contributed by atoms with Crippen molar-refractivity contribution in [2.24, 2.45) is 12.8 Å². The Morgan fingerprint density at radius 1 is 1.23 bits per heavy atom. The van der Waals surface area contributed by atoms with Crippen LogP contribution in [0.25, 0.3) is 0 Å². The Labute approximate surface area is 152 Å². The molecule has 0 radical (unpaired) electrons. The molecule has 1 aliphatic rings.